The van der Waals surface area contributed by atoms with Crippen molar-refractivity contribution in [3.8, 4) is 11.5 Å². The fourth-order valence-electron chi connectivity index (χ4n) is 1.69. The van der Waals surface area contributed by atoms with Gasteiger partial charge >= 0.3 is 0 Å². The van der Waals surface area contributed by atoms with Gasteiger partial charge in [-0.25, -0.2) is 0 Å². The molecule has 1 aliphatic rings. The Bertz CT molecular complexity index is 319. The van der Waals surface area contributed by atoms with Crippen LogP contribution in [-0.2, 0) is 0 Å². The molecule has 3 nitrogen and oxygen atoms in total. The number of para-hydroxylation sites is 2. The summed E-state index contributed by atoms with van der Waals surface area (Å²) in [5.74, 6) is 0.777. The van der Waals surface area contributed by atoms with Crippen LogP contribution in [0.25, 0.3) is 0 Å². The zero-order valence-electron chi connectivity index (χ0n) is 8.29. The van der Waals surface area contributed by atoms with E-state index in [-0.39, 0.29) is 11.4 Å². The molecule has 3 heteroatoms. The third-order valence-electron chi connectivity index (χ3n) is 2.55. The van der Waals surface area contributed by atoms with Crippen molar-refractivity contribution in [2.45, 2.75) is 18.9 Å². The molecule has 0 spiro atoms. The predicted octanol–water partition coefficient (Wildman–Crippen LogP) is 1.52. The molecule has 14 heavy (non-hydrogen) atoms. The molecule has 0 radical (unpaired) electrons. The van der Waals surface area contributed by atoms with Crippen LogP contribution < -0.4 is 10.1 Å². The van der Waals surface area contributed by atoms with Gasteiger partial charge in [0.25, 0.3) is 0 Å². The molecule has 0 aromatic heterocycles. The lowest BCUT2D eigenvalue weighted by atomic mass is 10.1. The highest BCUT2D eigenvalue weighted by Gasteiger charge is 2.31. The summed E-state index contributed by atoms with van der Waals surface area (Å²) in [7, 11) is 0. The first-order valence-corrected chi connectivity index (χ1v) is 4.87. The fraction of sp³-hybridized carbons (Fsp3) is 0.455. The Morgan fingerprint density at radius 2 is 2.21 bits per heavy atom. The van der Waals surface area contributed by atoms with E-state index in [2.05, 4.69) is 12.2 Å². The average molecular weight is 193 g/mol. The molecule has 1 aromatic carbocycles. The number of phenolic OH excluding ortho intramolecular Hbond substituents is 1. The Balaban J connectivity index is 2.14. The zero-order chi connectivity index (χ0) is 10.0. The Kier molecular flexibility index (Phi) is 2.33. The number of rotatable bonds is 2. The smallest absolute Gasteiger partial charge is 0.161 e. The molecular formula is C11H15NO2. The van der Waals surface area contributed by atoms with E-state index in [1.807, 2.05) is 6.07 Å². The van der Waals surface area contributed by atoms with Crippen molar-refractivity contribution in [3.63, 3.8) is 0 Å². The van der Waals surface area contributed by atoms with Gasteiger partial charge in [0, 0.05) is 13.0 Å². The molecule has 0 amide bonds. The second-order valence-corrected chi connectivity index (χ2v) is 3.95. The van der Waals surface area contributed by atoms with Gasteiger partial charge in [0.15, 0.2) is 11.5 Å². The molecular weight excluding hydrogens is 178 g/mol. The van der Waals surface area contributed by atoms with Crippen LogP contribution in [0, 0.1) is 0 Å². The SMILES string of the molecule is CC1(Oc2ccccc2O)CCNC1. The molecule has 2 rings (SSSR count). The molecule has 1 saturated heterocycles. The number of benzene rings is 1. The van der Waals surface area contributed by atoms with E-state index in [1.165, 1.54) is 0 Å². The normalized spacial score (nSPS) is 26.4. The maximum Gasteiger partial charge on any atom is 0.161 e. The number of ether oxygens (including phenoxy) is 1. The number of phenols is 1. The highest BCUT2D eigenvalue weighted by molar-refractivity contribution is 5.38. The minimum Gasteiger partial charge on any atom is -0.504 e. The highest BCUT2D eigenvalue weighted by Crippen LogP contribution is 2.30. The number of hydrogen-bond donors (Lipinski definition) is 2. The van der Waals surface area contributed by atoms with E-state index < -0.39 is 0 Å². The van der Waals surface area contributed by atoms with Gasteiger partial charge in [-0.2, -0.15) is 0 Å². The number of hydrogen-bond acceptors (Lipinski definition) is 3. The van der Waals surface area contributed by atoms with Gasteiger partial charge in [-0.15, -0.1) is 0 Å². The van der Waals surface area contributed by atoms with Crippen LogP contribution in [0.5, 0.6) is 11.5 Å². The summed E-state index contributed by atoms with van der Waals surface area (Å²) in [5.41, 5.74) is -0.182. The molecule has 1 aliphatic heterocycles. The molecule has 0 bridgehead atoms. The maximum atomic E-state index is 9.54. The maximum absolute atomic E-state index is 9.54. The lowest BCUT2D eigenvalue weighted by Crippen LogP contribution is -2.34. The van der Waals surface area contributed by atoms with Crippen LogP contribution in [0.2, 0.25) is 0 Å². The molecule has 1 unspecified atom stereocenters. The largest absolute Gasteiger partial charge is 0.504 e. The Hall–Kier alpha value is -1.22. The third kappa shape index (κ3) is 1.82. The van der Waals surface area contributed by atoms with Crippen molar-refractivity contribution in [2.24, 2.45) is 0 Å². The molecule has 76 valence electrons. The quantitative estimate of drug-likeness (QED) is 0.748. The standard InChI is InChI=1S/C11H15NO2/c1-11(6-7-12-8-11)14-10-5-3-2-4-9(10)13/h2-5,12-13H,6-8H2,1H3. The van der Waals surface area contributed by atoms with Gasteiger partial charge in [0.2, 0.25) is 0 Å². The van der Waals surface area contributed by atoms with Crippen molar-refractivity contribution in [3.05, 3.63) is 24.3 Å². The predicted molar refractivity (Wildman–Crippen MR) is 54.6 cm³/mol. The first-order chi connectivity index (χ1) is 6.70. The molecule has 2 N–H and O–H groups in total. The minimum absolute atomic E-state index is 0.182. The van der Waals surface area contributed by atoms with E-state index in [0.717, 1.165) is 19.5 Å². The summed E-state index contributed by atoms with van der Waals surface area (Å²) in [6.45, 7) is 3.87. The Labute approximate surface area is 83.7 Å². The van der Waals surface area contributed by atoms with E-state index in [1.54, 1.807) is 18.2 Å². The summed E-state index contributed by atoms with van der Waals surface area (Å²) in [6, 6.07) is 7.08. The van der Waals surface area contributed by atoms with Gasteiger partial charge in [-0.1, -0.05) is 12.1 Å². The molecule has 0 saturated carbocycles. The van der Waals surface area contributed by atoms with Crippen molar-refractivity contribution in [2.75, 3.05) is 13.1 Å². The summed E-state index contributed by atoms with van der Waals surface area (Å²) >= 11 is 0. The van der Waals surface area contributed by atoms with Gasteiger partial charge < -0.3 is 15.2 Å². The van der Waals surface area contributed by atoms with Crippen molar-refractivity contribution in [1.82, 2.24) is 5.32 Å². The van der Waals surface area contributed by atoms with E-state index in [9.17, 15) is 5.11 Å². The Morgan fingerprint density at radius 1 is 1.43 bits per heavy atom. The van der Waals surface area contributed by atoms with Gasteiger partial charge in [0.05, 0.1) is 0 Å². The summed E-state index contributed by atoms with van der Waals surface area (Å²) < 4.78 is 5.78. The topological polar surface area (TPSA) is 41.5 Å². The first-order valence-electron chi connectivity index (χ1n) is 4.87. The van der Waals surface area contributed by atoms with Crippen LogP contribution in [0.1, 0.15) is 13.3 Å². The first kappa shape index (κ1) is 9.34. The summed E-state index contributed by atoms with van der Waals surface area (Å²) in [6.07, 6.45) is 0.974. The van der Waals surface area contributed by atoms with Gasteiger partial charge in [-0.05, 0) is 25.6 Å². The van der Waals surface area contributed by atoms with Gasteiger partial charge in [0.1, 0.15) is 5.60 Å². The fourth-order valence-corrected chi connectivity index (χ4v) is 1.69. The lowest BCUT2D eigenvalue weighted by molar-refractivity contribution is 0.106. The van der Waals surface area contributed by atoms with Crippen molar-refractivity contribution in [1.29, 1.82) is 0 Å². The second-order valence-electron chi connectivity index (χ2n) is 3.95. The molecule has 0 aliphatic carbocycles. The number of aromatic hydroxyl groups is 1. The zero-order valence-corrected chi connectivity index (χ0v) is 8.29. The van der Waals surface area contributed by atoms with Crippen LogP contribution in [0.3, 0.4) is 0 Å². The highest BCUT2D eigenvalue weighted by atomic mass is 16.5. The molecule has 1 fully saturated rings. The molecule has 1 aromatic rings. The molecule has 1 atom stereocenters. The summed E-state index contributed by atoms with van der Waals surface area (Å²) in [4.78, 5) is 0. The van der Waals surface area contributed by atoms with E-state index >= 15 is 0 Å². The van der Waals surface area contributed by atoms with Crippen molar-refractivity contribution >= 4 is 0 Å². The van der Waals surface area contributed by atoms with Crippen LogP contribution >= 0.6 is 0 Å². The van der Waals surface area contributed by atoms with Gasteiger partial charge in [-0.3, -0.25) is 0 Å². The second kappa shape index (κ2) is 3.50. The summed E-state index contributed by atoms with van der Waals surface area (Å²) in [5, 5.41) is 12.8. The van der Waals surface area contributed by atoms with Crippen LogP contribution in [0.4, 0.5) is 0 Å². The monoisotopic (exact) mass is 193 g/mol. The average Bonchev–Trinajstić information content (AvgIpc) is 2.57. The number of nitrogens with one attached hydrogen (secondary N) is 1. The van der Waals surface area contributed by atoms with Crippen LogP contribution in [-0.4, -0.2) is 23.8 Å². The molecule has 1 heterocycles. The van der Waals surface area contributed by atoms with Crippen molar-refractivity contribution < 1.29 is 9.84 Å². The van der Waals surface area contributed by atoms with E-state index in [4.69, 9.17) is 4.74 Å². The van der Waals surface area contributed by atoms with E-state index in [0.29, 0.717) is 5.75 Å². The third-order valence-corrected chi connectivity index (χ3v) is 2.55. The Morgan fingerprint density at radius 3 is 2.86 bits per heavy atom. The minimum atomic E-state index is -0.182. The van der Waals surface area contributed by atoms with Crippen LogP contribution in [0.15, 0.2) is 24.3 Å². The lowest BCUT2D eigenvalue weighted by Gasteiger charge is -2.25.